The molecule has 1 unspecified atom stereocenters. The number of nitrogens with zero attached hydrogens (tertiary/aromatic N) is 1. The monoisotopic (exact) mass is 270 g/mol. The average molecular weight is 270 g/mol. The second kappa shape index (κ2) is 5.92. The van der Waals surface area contributed by atoms with Crippen molar-refractivity contribution in [2.45, 2.75) is 19.0 Å². The van der Waals surface area contributed by atoms with E-state index in [1.165, 1.54) is 5.56 Å². The fraction of sp³-hybridized carbons (Fsp3) is 0.312. The minimum Gasteiger partial charge on any atom is -0.493 e. The maximum absolute atomic E-state index is 5.67. The lowest BCUT2D eigenvalue weighted by Crippen LogP contribution is -2.27. The summed E-state index contributed by atoms with van der Waals surface area (Å²) in [5, 5.41) is 3.55. The molecule has 0 spiro atoms. The Labute approximate surface area is 118 Å². The molecule has 1 atom stereocenters. The van der Waals surface area contributed by atoms with Crippen molar-refractivity contribution in [2.24, 2.45) is 0 Å². The average Bonchev–Trinajstić information content (AvgIpc) is 2.53. The first-order valence-corrected chi connectivity index (χ1v) is 6.82. The topological polar surface area (TPSA) is 43.4 Å². The van der Waals surface area contributed by atoms with E-state index >= 15 is 0 Å². The van der Waals surface area contributed by atoms with Crippen molar-refractivity contribution in [3.05, 3.63) is 53.7 Å². The maximum atomic E-state index is 5.67. The van der Waals surface area contributed by atoms with Crippen molar-refractivity contribution in [3.63, 3.8) is 0 Å². The maximum Gasteiger partial charge on any atom is 0.213 e. The van der Waals surface area contributed by atoms with Crippen LogP contribution in [0.3, 0.4) is 0 Å². The summed E-state index contributed by atoms with van der Waals surface area (Å²) >= 11 is 0. The predicted octanol–water partition coefficient (Wildman–Crippen LogP) is 2.70. The molecule has 1 aliphatic heterocycles. The van der Waals surface area contributed by atoms with E-state index in [1.807, 2.05) is 36.4 Å². The number of hydrogen-bond donors (Lipinski definition) is 1. The fourth-order valence-corrected chi connectivity index (χ4v) is 2.45. The molecule has 1 N–H and O–H groups in total. The first-order chi connectivity index (χ1) is 9.86. The quantitative estimate of drug-likeness (QED) is 0.927. The summed E-state index contributed by atoms with van der Waals surface area (Å²) in [4.78, 5) is 4.42. The molecule has 2 heterocycles. The molecule has 0 aliphatic carbocycles. The Morgan fingerprint density at radius 1 is 1.25 bits per heavy atom. The Kier molecular flexibility index (Phi) is 3.83. The van der Waals surface area contributed by atoms with Crippen molar-refractivity contribution < 1.29 is 9.47 Å². The lowest BCUT2D eigenvalue weighted by Gasteiger charge is -2.26. The third-order valence-electron chi connectivity index (χ3n) is 3.48. The molecule has 0 radical (unpaired) electrons. The van der Waals surface area contributed by atoms with Gasteiger partial charge in [-0.2, -0.15) is 0 Å². The summed E-state index contributed by atoms with van der Waals surface area (Å²) in [6.07, 6.45) is 0.973. The zero-order chi connectivity index (χ0) is 13.8. The van der Waals surface area contributed by atoms with Crippen LogP contribution >= 0.6 is 0 Å². The highest BCUT2D eigenvalue weighted by molar-refractivity contribution is 5.37. The van der Waals surface area contributed by atoms with E-state index in [9.17, 15) is 0 Å². The van der Waals surface area contributed by atoms with Gasteiger partial charge in [-0.1, -0.05) is 24.3 Å². The van der Waals surface area contributed by atoms with Crippen LogP contribution in [0, 0.1) is 0 Å². The van der Waals surface area contributed by atoms with Crippen molar-refractivity contribution >= 4 is 0 Å². The van der Waals surface area contributed by atoms with E-state index in [-0.39, 0.29) is 0 Å². The summed E-state index contributed by atoms with van der Waals surface area (Å²) in [5.41, 5.74) is 2.20. The molecule has 0 bridgehead atoms. The smallest absolute Gasteiger partial charge is 0.213 e. The molecule has 1 aromatic carbocycles. The van der Waals surface area contributed by atoms with Crippen molar-refractivity contribution in [3.8, 4) is 11.6 Å². The third-order valence-corrected chi connectivity index (χ3v) is 3.48. The number of ether oxygens (including phenoxy) is 2. The predicted molar refractivity (Wildman–Crippen MR) is 76.9 cm³/mol. The number of aromatic nitrogens is 1. The van der Waals surface area contributed by atoms with Crippen LogP contribution in [0.5, 0.6) is 11.6 Å². The largest absolute Gasteiger partial charge is 0.493 e. The van der Waals surface area contributed by atoms with Gasteiger partial charge in [0.25, 0.3) is 0 Å². The summed E-state index contributed by atoms with van der Waals surface area (Å²) < 4.78 is 10.8. The number of rotatable bonds is 4. The highest BCUT2D eigenvalue weighted by Gasteiger charge is 2.20. The molecule has 4 heteroatoms. The summed E-state index contributed by atoms with van der Waals surface area (Å²) in [7, 11) is 1.63. The molecule has 1 aromatic heterocycles. The Bertz CT molecular complexity index is 586. The number of methoxy groups -OCH3 is 1. The first kappa shape index (κ1) is 12.9. The molecule has 1 aliphatic rings. The molecule has 104 valence electrons. The van der Waals surface area contributed by atoms with Gasteiger partial charge in [0.05, 0.1) is 19.4 Å². The zero-order valence-corrected chi connectivity index (χ0v) is 11.5. The molecule has 0 saturated carbocycles. The lowest BCUT2D eigenvalue weighted by atomic mass is 10.0. The van der Waals surface area contributed by atoms with Gasteiger partial charge in [-0.15, -0.1) is 0 Å². The number of hydrogen-bond acceptors (Lipinski definition) is 4. The van der Waals surface area contributed by atoms with E-state index in [4.69, 9.17) is 9.47 Å². The van der Waals surface area contributed by atoms with Crippen LogP contribution in [0.4, 0.5) is 0 Å². The van der Waals surface area contributed by atoms with Crippen molar-refractivity contribution in [1.82, 2.24) is 10.3 Å². The minimum atomic E-state index is 0.313. The van der Waals surface area contributed by atoms with Gasteiger partial charge in [0.1, 0.15) is 5.75 Å². The second-order valence-corrected chi connectivity index (χ2v) is 4.78. The molecule has 2 aromatic rings. The van der Waals surface area contributed by atoms with Gasteiger partial charge >= 0.3 is 0 Å². The summed E-state index contributed by atoms with van der Waals surface area (Å²) in [6.45, 7) is 1.47. The van der Waals surface area contributed by atoms with Crippen LogP contribution in [0.1, 0.15) is 23.7 Å². The molecular weight excluding hydrogens is 252 g/mol. The molecule has 0 saturated heterocycles. The van der Waals surface area contributed by atoms with Crippen LogP contribution < -0.4 is 14.8 Å². The van der Waals surface area contributed by atoms with Gasteiger partial charge < -0.3 is 14.8 Å². The SMILES string of the molecule is COc1cccc(CNC2CCOc3ccccc32)n1. The number of fused-ring (bicyclic) bond motifs is 1. The van der Waals surface area contributed by atoms with Gasteiger partial charge in [-0.3, -0.25) is 0 Å². The Hall–Kier alpha value is -2.07. The Balaban J connectivity index is 1.70. The van der Waals surface area contributed by atoms with Crippen LogP contribution in [0.2, 0.25) is 0 Å². The van der Waals surface area contributed by atoms with Crippen molar-refractivity contribution in [2.75, 3.05) is 13.7 Å². The highest BCUT2D eigenvalue weighted by Crippen LogP contribution is 2.31. The van der Waals surface area contributed by atoms with E-state index in [0.29, 0.717) is 11.9 Å². The molecule has 0 fully saturated rings. The number of benzene rings is 1. The molecule has 3 rings (SSSR count). The Morgan fingerprint density at radius 2 is 2.15 bits per heavy atom. The molecule has 0 amide bonds. The highest BCUT2D eigenvalue weighted by atomic mass is 16.5. The van der Waals surface area contributed by atoms with E-state index in [1.54, 1.807) is 7.11 Å². The van der Waals surface area contributed by atoms with Gasteiger partial charge in [-0.25, -0.2) is 4.98 Å². The van der Waals surface area contributed by atoms with E-state index < -0.39 is 0 Å². The number of para-hydroxylation sites is 1. The Morgan fingerprint density at radius 3 is 3.05 bits per heavy atom. The normalized spacial score (nSPS) is 17.1. The minimum absolute atomic E-state index is 0.313. The third kappa shape index (κ3) is 2.75. The zero-order valence-electron chi connectivity index (χ0n) is 11.5. The molecule has 4 nitrogen and oxygen atoms in total. The van der Waals surface area contributed by atoms with Gasteiger partial charge in [0.2, 0.25) is 5.88 Å². The van der Waals surface area contributed by atoms with Gasteiger partial charge in [0, 0.05) is 30.6 Å². The van der Waals surface area contributed by atoms with Crippen LogP contribution in [0.25, 0.3) is 0 Å². The number of nitrogens with one attached hydrogen (secondary N) is 1. The number of pyridine rings is 1. The fourth-order valence-electron chi connectivity index (χ4n) is 2.45. The van der Waals surface area contributed by atoms with Crippen molar-refractivity contribution in [1.29, 1.82) is 0 Å². The van der Waals surface area contributed by atoms with E-state index in [2.05, 4.69) is 16.4 Å². The second-order valence-electron chi connectivity index (χ2n) is 4.78. The van der Waals surface area contributed by atoms with Gasteiger partial charge in [0.15, 0.2) is 0 Å². The standard InChI is InChI=1S/C16H18N2O2/c1-19-16-8-4-5-12(18-16)11-17-14-9-10-20-15-7-3-2-6-13(14)15/h2-8,14,17H,9-11H2,1H3. The van der Waals surface area contributed by atoms with Gasteiger partial charge in [-0.05, 0) is 12.1 Å². The van der Waals surface area contributed by atoms with E-state index in [0.717, 1.165) is 31.0 Å². The van der Waals surface area contributed by atoms with Crippen LogP contribution in [-0.4, -0.2) is 18.7 Å². The first-order valence-electron chi connectivity index (χ1n) is 6.82. The molecular formula is C16H18N2O2. The van der Waals surface area contributed by atoms with Crippen LogP contribution in [-0.2, 0) is 6.54 Å². The summed E-state index contributed by atoms with van der Waals surface area (Å²) in [6, 6.07) is 14.3. The summed E-state index contributed by atoms with van der Waals surface area (Å²) in [5.74, 6) is 1.63. The molecule has 20 heavy (non-hydrogen) atoms. The lowest BCUT2D eigenvalue weighted by molar-refractivity contribution is 0.252. The van der Waals surface area contributed by atoms with Crippen LogP contribution in [0.15, 0.2) is 42.5 Å².